The van der Waals surface area contributed by atoms with Crippen molar-refractivity contribution in [2.75, 3.05) is 37.3 Å². The van der Waals surface area contributed by atoms with Gasteiger partial charge in [-0.05, 0) is 23.8 Å². The molecule has 0 spiro atoms. The van der Waals surface area contributed by atoms with E-state index in [-0.39, 0.29) is 12.0 Å². The largest absolute Gasteiger partial charge is 0.497 e. The highest BCUT2D eigenvalue weighted by atomic mass is 35.5. The van der Waals surface area contributed by atoms with Gasteiger partial charge in [0, 0.05) is 54.6 Å². The zero-order valence-corrected chi connectivity index (χ0v) is 21.7. The highest BCUT2D eigenvalue weighted by molar-refractivity contribution is 6.32. The molecular weight excluding hydrogens is 510 g/mol. The van der Waals surface area contributed by atoms with Crippen LogP contribution in [-0.2, 0) is 6.54 Å². The standard InChI is InChI=1S/C26H26ClN7O4/c1-36-19-9-18(10-20(12-19)37-2)31-24-21(27)15-29-25(34-24)33-22-7-6-17(11-23(22)38-3)32-26(35)30-14-16-5-4-8-28-13-16/h4-13,15H,14H2,1-3H3,(H2,30,32,35)(H2,29,31,33,34). The summed E-state index contributed by atoms with van der Waals surface area (Å²) in [6.07, 6.45) is 4.85. The number of hydrogen-bond donors (Lipinski definition) is 4. The number of nitrogens with one attached hydrogen (secondary N) is 4. The molecule has 4 aromatic rings. The van der Waals surface area contributed by atoms with Crippen LogP contribution in [0.1, 0.15) is 5.56 Å². The van der Waals surface area contributed by atoms with E-state index < -0.39 is 0 Å². The smallest absolute Gasteiger partial charge is 0.319 e. The quantitative estimate of drug-likeness (QED) is 0.212. The fourth-order valence-electron chi connectivity index (χ4n) is 3.38. The number of benzene rings is 2. The van der Waals surface area contributed by atoms with Crippen molar-refractivity contribution in [1.82, 2.24) is 20.3 Å². The average molecular weight is 536 g/mol. The lowest BCUT2D eigenvalue weighted by Crippen LogP contribution is -2.28. The number of aromatic nitrogens is 3. The molecule has 196 valence electrons. The molecule has 2 heterocycles. The maximum Gasteiger partial charge on any atom is 0.319 e. The molecule has 4 N–H and O–H groups in total. The highest BCUT2D eigenvalue weighted by Crippen LogP contribution is 2.32. The van der Waals surface area contributed by atoms with Crippen molar-refractivity contribution < 1.29 is 19.0 Å². The number of rotatable bonds is 10. The molecule has 4 rings (SSSR count). The Kier molecular flexibility index (Phi) is 8.62. The fraction of sp³-hybridized carbons (Fsp3) is 0.154. The van der Waals surface area contributed by atoms with E-state index >= 15 is 0 Å². The number of nitrogens with zero attached hydrogens (tertiary/aromatic N) is 3. The number of carbonyl (C=O) groups excluding carboxylic acids is 1. The molecule has 0 fully saturated rings. The maximum atomic E-state index is 12.3. The first-order chi connectivity index (χ1) is 18.5. The number of urea groups is 1. The molecule has 2 aromatic carbocycles. The third-order valence-corrected chi connectivity index (χ3v) is 5.52. The second-order valence-corrected chi connectivity index (χ2v) is 8.23. The van der Waals surface area contributed by atoms with Gasteiger partial charge in [0.15, 0.2) is 5.82 Å². The van der Waals surface area contributed by atoms with Crippen LogP contribution in [0, 0.1) is 0 Å². The molecule has 11 nitrogen and oxygen atoms in total. The summed E-state index contributed by atoms with van der Waals surface area (Å²) in [7, 11) is 4.67. The minimum atomic E-state index is -0.359. The molecule has 12 heteroatoms. The molecule has 0 aliphatic heterocycles. The van der Waals surface area contributed by atoms with Gasteiger partial charge in [-0.2, -0.15) is 4.98 Å². The SMILES string of the molecule is COc1cc(Nc2nc(Nc3ccc(NC(=O)NCc4cccnc4)cc3OC)ncc2Cl)cc(OC)c1. The topological polar surface area (TPSA) is 132 Å². The second-order valence-electron chi connectivity index (χ2n) is 7.83. The Bertz CT molecular complexity index is 1380. The van der Waals surface area contributed by atoms with Crippen molar-refractivity contribution in [1.29, 1.82) is 0 Å². The number of anilines is 5. The molecular formula is C26H26ClN7O4. The summed E-state index contributed by atoms with van der Waals surface area (Å²) < 4.78 is 16.1. The normalized spacial score (nSPS) is 10.3. The lowest BCUT2D eigenvalue weighted by molar-refractivity contribution is 0.251. The first kappa shape index (κ1) is 26.3. The van der Waals surface area contributed by atoms with E-state index in [1.54, 1.807) is 63.0 Å². The monoisotopic (exact) mass is 535 g/mol. The van der Waals surface area contributed by atoms with Crippen molar-refractivity contribution >= 4 is 46.5 Å². The Balaban J connectivity index is 1.45. The van der Waals surface area contributed by atoms with Gasteiger partial charge in [-0.25, -0.2) is 9.78 Å². The van der Waals surface area contributed by atoms with E-state index in [0.717, 1.165) is 5.56 Å². The Morgan fingerprint density at radius 3 is 2.39 bits per heavy atom. The summed E-state index contributed by atoms with van der Waals surface area (Å²) in [4.78, 5) is 25.1. The Hall–Kier alpha value is -4.77. The van der Waals surface area contributed by atoms with Crippen LogP contribution in [0.3, 0.4) is 0 Å². The molecule has 2 aromatic heterocycles. The highest BCUT2D eigenvalue weighted by Gasteiger charge is 2.12. The summed E-state index contributed by atoms with van der Waals surface area (Å²) in [6.45, 7) is 0.350. The molecule has 0 saturated carbocycles. The van der Waals surface area contributed by atoms with Crippen LogP contribution in [0.15, 0.2) is 67.1 Å². The number of halogens is 1. The number of pyridine rings is 1. The molecule has 0 radical (unpaired) electrons. The Morgan fingerprint density at radius 2 is 1.71 bits per heavy atom. The number of methoxy groups -OCH3 is 3. The predicted octanol–water partition coefficient (Wildman–Crippen LogP) is 5.36. The van der Waals surface area contributed by atoms with E-state index in [9.17, 15) is 4.79 Å². The second kappa shape index (κ2) is 12.5. The number of carbonyl (C=O) groups is 1. The van der Waals surface area contributed by atoms with Crippen molar-refractivity contribution in [2.45, 2.75) is 6.54 Å². The van der Waals surface area contributed by atoms with Gasteiger partial charge in [-0.1, -0.05) is 17.7 Å². The van der Waals surface area contributed by atoms with Crippen molar-refractivity contribution in [2.24, 2.45) is 0 Å². The van der Waals surface area contributed by atoms with Gasteiger partial charge in [-0.3, -0.25) is 4.98 Å². The van der Waals surface area contributed by atoms with E-state index in [2.05, 4.69) is 36.2 Å². The number of ether oxygens (including phenoxy) is 3. The number of hydrogen-bond acceptors (Lipinski definition) is 9. The first-order valence-corrected chi connectivity index (χ1v) is 11.8. The lowest BCUT2D eigenvalue weighted by atomic mass is 10.2. The molecule has 0 aliphatic carbocycles. The third-order valence-electron chi connectivity index (χ3n) is 5.24. The van der Waals surface area contributed by atoms with Crippen LogP contribution < -0.4 is 35.5 Å². The Labute approximate surface area is 224 Å². The van der Waals surface area contributed by atoms with Crippen molar-refractivity contribution in [3.05, 3.63) is 77.7 Å². The van der Waals surface area contributed by atoms with Gasteiger partial charge in [-0.15, -0.1) is 0 Å². The molecule has 0 aliphatic rings. The van der Waals surface area contributed by atoms with E-state index in [1.807, 2.05) is 12.1 Å². The number of amides is 2. The zero-order chi connectivity index (χ0) is 26.9. The van der Waals surface area contributed by atoms with Crippen molar-refractivity contribution in [3.63, 3.8) is 0 Å². The average Bonchev–Trinajstić information content (AvgIpc) is 2.94. The van der Waals surface area contributed by atoms with Gasteiger partial charge in [0.25, 0.3) is 0 Å². The fourth-order valence-corrected chi connectivity index (χ4v) is 3.52. The summed E-state index contributed by atoms with van der Waals surface area (Å²) in [5, 5.41) is 12.2. The molecule has 2 amide bonds. The van der Waals surface area contributed by atoms with Gasteiger partial charge >= 0.3 is 6.03 Å². The van der Waals surface area contributed by atoms with E-state index in [1.165, 1.54) is 13.3 Å². The van der Waals surface area contributed by atoms with Gasteiger partial charge < -0.3 is 35.5 Å². The minimum Gasteiger partial charge on any atom is -0.497 e. The third kappa shape index (κ3) is 6.92. The van der Waals surface area contributed by atoms with Crippen molar-refractivity contribution in [3.8, 4) is 17.2 Å². The Morgan fingerprint density at radius 1 is 0.921 bits per heavy atom. The molecule has 0 bridgehead atoms. The van der Waals surface area contributed by atoms with Crippen LogP contribution in [0.4, 0.5) is 33.6 Å². The van der Waals surface area contributed by atoms with Crippen LogP contribution in [0.25, 0.3) is 0 Å². The van der Waals surface area contributed by atoms with E-state index in [0.29, 0.717) is 51.7 Å². The zero-order valence-electron chi connectivity index (χ0n) is 20.9. The molecule has 0 saturated heterocycles. The predicted molar refractivity (Wildman–Crippen MR) is 146 cm³/mol. The maximum absolute atomic E-state index is 12.3. The summed E-state index contributed by atoms with van der Waals surface area (Å²) >= 11 is 6.34. The summed E-state index contributed by atoms with van der Waals surface area (Å²) in [5.74, 6) is 2.35. The van der Waals surface area contributed by atoms with Crippen LogP contribution >= 0.6 is 11.6 Å². The van der Waals surface area contributed by atoms with Gasteiger partial charge in [0.1, 0.15) is 22.3 Å². The van der Waals surface area contributed by atoms with Crippen LogP contribution in [0.5, 0.6) is 17.2 Å². The van der Waals surface area contributed by atoms with E-state index in [4.69, 9.17) is 25.8 Å². The van der Waals surface area contributed by atoms with Crippen LogP contribution in [0.2, 0.25) is 5.02 Å². The molecule has 0 atom stereocenters. The summed E-state index contributed by atoms with van der Waals surface area (Å²) in [6, 6.07) is 13.8. The minimum absolute atomic E-state index is 0.278. The lowest BCUT2D eigenvalue weighted by Gasteiger charge is -2.14. The first-order valence-electron chi connectivity index (χ1n) is 11.4. The van der Waals surface area contributed by atoms with Gasteiger partial charge in [0.05, 0.1) is 33.2 Å². The molecule has 38 heavy (non-hydrogen) atoms. The molecule has 0 unspecified atom stereocenters. The summed E-state index contributed by atoms with van der Waals surface area (Å²) in [5.41, 5.74) is 2.69. The van der Waals surface area contributed by atoms with Crippen LogP contribution in [-0.4, -0.2) is 42.3 Å². The van der Waals surface area contributed by atoms with Gasteiger partial charge in [0.2, 0.25) is 5.95 Å².